The van der Waals surface area contributed by atoms with Gasteiger partial charge in [-0.25, -0.2) is 0 Å². The average molecular weight is 67.1 g/mol. The first-order valence-electron chi connectivity index (χ1n) is 1.41. The minimum atomic E-state index is 0. The summed E-state index contributed by atoms with van der Waals surface area (Å²) < 4.78 is 0. The Morgan fingerprint density at radius 3 is 1.25 bits per heavy atom. The molecule has 0 aliphatic heterocycles. The van der Waals surface area contributed by atoms with Crippen molar-refractivity contribution in [2.45, 2.75) is 20.3 Å². The average Bonchev–Trinajstić information content (AvgIpc) is 0.918. The van der Waals surface area contributed by atoms with Gasteiger partial charge in [-0.15, -0.1) is 0 Å². The molecule has 20 valence electrons. The van der Waals surface area contributed by atoms with E-state index in [-0.39, 0.29) is 29.6 Å². The fraction of sp³-hybridized carbons (Fsp3) is 1.00. The molecule has 0 aliphatic carbocycles. The van der Waals surface area contributed by atoms with E-state index >= 15 is 0 Å². The standard InChI is InChI=1S/C3H8.Na/c1-3-2;/h3H2,1-2H3;/q;+1. The third kappa shape index (κ3) is 12.0. The summed E-state index contributed by atoms with van der Waals surface area (Å²) in [5, 5.41) is 0. The van der Waals surface area contributed by atoms with Crippen LogP contribution >= 0.6 is 0 Å². The van der Waals surface area contributed by atoms with Crippen molar-refractivity contribution < 1.29 is 29.6 Å². The fourth-order valence-electron chi connectivity index (χ4n) is 0. The van der Waals surface area contributed by atoms with Gasteiger partial charge in [0.15, 0.2) is 0 Å². The topological polar surface area (TPSA) is 0 Å². The van der Waals surface area contributed by atoms with Gasteiger partial charge in [-0.2, -0.15) is 0 Å². The van der Waals surface area contributed by atoms with Crippen LogP contribution in [0.3, 0.4) is 0 Å². The molecule has 0 aromatic carbocycles. The van der Waals surface area contributed by atoms with Crippen LogP contribution in [-0.4, -0.2) is 0 Å². The Bertz CT molecular complexity index is 3.25. The maximum Gasteiger partial charge on any atom is 1.00 e. The molecule has 1 heteroatoms. The molecule has 0 rings (SSSR count). The molecule has 0 radical (unpaired) electrons. The van der Waals surface area contributed by atoms with E-state index in [1.165, 1.54) is 6.42 Å². The number of hydrogen-bond donors (Lipinski definition) is 0. The van der Waals surface area contributed by atoms with E-state index in [9.17, 15) is 0 Å². The second-order valence-corrected chi connectivity index (χ2v) is 0.707. The number of rotatable bonds is 0. The summed E-state index contributed by atoms with van der Waals surface area (Å²) in [7, 11) is 0. The first-order valence-corrected chi connectivity index (χ1v) is 1.41. The van der Waals surface area contributed by atoms with Crippen molar-refractivity contribution >= 4 is 0 Å². The zero-order chi connectivity index (χ0) is 2.71. The van der Waals surface area contributed by atoms with Gasteiger partial charge in [0.05, 0.1) is 0 Å². The zero-order valence-electron chi connectivity index (χ0n) is 3.71. The molecule has 0 atom stereocenters. The molecular formula is C3H8Na+. The second-order valence-electron chi connectivity index (χ2n) is 0.707. The van der Waals surface area contributed by atoms with Gasteiger partial charge in [-0.1, -0.05) is 20.3 Å². The minimum absolute atomic E-state index is 0. The molecule has 0 N–H and O–H groups in total. The van der Waals surface area contributed by atoms with Crippen LogP contribution in [0.25, 0.3) is 0 Å². The Labute approximate surface area is 49.9 Å². The van der Waals surface area contributed by atoms with Gasteiger partial charge in [0.2, 0.25) is 0 Å². The van der Waals surface area contributed by atoms with Crippen LogP contribution in [0.2, 0.25) is 0 Å². The van der Waals surface area contributed by atoms with Crippen molar-refractivity contribution in [3.05, 3.63) is 0 Å². The second kappa shape index (κ2) is 9.00. The molecule has 0 nitrogen and oxygen atoms in total. The Balaban J connectivity index is 0. The Morgan fingerprint density at radius 1 is 1.25 bits per heavy atom. The van der Waals surface area contributed by atoms with Crippen molar-refractivity contribution in [2.24, 2.45) is 0 Å². The van der Waals surface area contributed by atoms with Crippen LogP contribution in [0, 0.1) is 0 Å². The van der Waals surface area contributed by atoms with Crippen LogP contribution in [0.1, 0.15) is 20.3 Å². The van der Waals surface area contributed by atoms with Crippen molar-refractivity contribution in [3.63, 3.8) is 0 Å². The van der Waals surface area contributed by atoms with E-state index in [1.807, 2.05) is 0 Å². The van der Waals surface area contributed by atoms with Gasteiger partial charge >= 0.3 is 29.6 Å². The summed E-state index contributed by atoms with van der Waals surface area (Å²) >= 11 is 0. The monoisotopic (exact) mass is 67.1 g/mol. The summed E-state index contributed by atoms with van der Waals surface area (Å²) in [5.41, 5.74) is 0. The molecule has 0 unspecified atom stereocenters. The van der Waals surface area contributed by atoms with Gasteiger partial charge in [-0.05, 0) is 0 Å². The predicted octanol–water partition coefficient (Wildman–Crippen LogP) is -1.58. The van der Waals surface area contributed by atoms with E-state index < -0.39 is 0 Å². The van der Waals surface area contributed by atoms with E-state index in [0.717, 1.165) is 0 Å². The van der Waals surface area contributed by atoms with Crippen LogP contribution in [0.4, 0.5) is 0 Å². The first-order chi connectivity index (χ1) is 1.41. The summed E-state index contributed by atoms with van der Waals surface area (Å²) in [6.07, 6.45) is 1.25. The first kappa shape index (κ1) is 8.89. The Hall–Kier alpha value is 1.00. The summed E-state index contributed by atoms with van der Waals surface area (Å²) in [4.78, 5) is 0. The summed E-state index contributed by atoms with van der Waals surface area (Å²) in [6, 6.07) is 0. The van der Waals surface area contributed by atoms with Crippen molar-refractivity contribution in [3.8, 4) is 0 Å². The Morgan fingerprint density at radius 2 is 1.25 bits per heavy atom. The quantitative estimate of drug-likeness (QED) is 0.300. The van der Waals surface area contributed by atoms with Gasteiger partial charge in [0.1, 0.15) is 0 Å². The largest absolute Gasteiger partial charge is 1.00 e. The van der Waals surface area contributed by atoms with E-state index in [0.29, 0.717) is 0 Å². The SMILES string of the molecule is CCC.[Na+]. The van der Waals surface area contributed by atoms with Crippen LogP contribution in [-0.2, 0) is 0 Å². The van der Waals surface area contributed by atoms with Crippen LogP contribution in [0.5, 0.6) is 0 Å². The molecule has 4 heavy (non-hydrogen) atoms. The predicted molar refractivity (Wildman–Crippen MR) is 16.0 cm³/mol. The summed E-state index contributed by atoms with van der Waals surface area (Å²) in [5.74, 6) is 0. The fourth-order valence-corrected chi connectivity index (χ4v) is 0. The maximum atomic E-state index is 2.12. The van der Waals surface area contributed by atoms with Crippen molar-refractivity contribution in [2.75, 3.05) is 0 Å². The molecule has 0 aromatic heterocycles. The molecule has 0 aromatic rings. The Kier molecular flexibility index (Phi) is 20.0. The minimum Gasteiger partial charge on any atom is -0.0656 e. The molecule has 0 saturated heterocycles. The van der Waals surface area contributed by atoms with Crippen molar-refractivity contribution in [1.82, 2.24) is 0 Å². The third-order valence-corrected chi connectivity index (χ3v) is 0. The molecule has 0 fully saturated rings. The van der Waals surface area contributed by atoms with Crippen LogP contribution in [0.15, 0.2) is 0 Å². The molecule has 0 spiro atoms. The molecule has 0 bridgehead atoms. The molecule has 0 aliphatic rings. The molecule has 0 heterocycles. The van der Waals surface area contributed by atoms with E-state index in [4.69, 9.17) is 0 Å². The van der Waals surface area contributed by atoms with Crippen molar-refractivity contribution in [1.29, 1.82) is 0 Å². The van der Waals surface area contributed by atoms with Gasteiger partial charge in [0.25, 0.3) is 0 Å². The van der Waals surface area contributed by atoms with Crippen LogP contribution < -0.4 is 29.6 Å². The molecular weight excluding hydrogens is 59.0 g/mol. The smallest absolute Gasteiger partial charge is 0.0656 e. The zero-order valence-corrected chi connectivity index (χ0v) is 5.71. The van der Waals surface area contributed by atoms with E-state index in [1.54, 1.807) is 0 Å². The van der Waals surface area contributed by atoms with Gasteiger partial charge in [0, 0.05) is 0 Å². The van der Waals surface area contributed by atoms with E-state index in [2.05, 4.69) is 13.8 Å². The van der Waals surface area contributed by atoms with Gasteiger partial charge < -0.3 is 0 Å². The molecule has 0 saturated carbocycles. The van der Waals surface area contributed by atoms with Gasteiger partial charge in [-0.3, -0.25) is 0 Å². The molecule has 0 amide bonds. The third-order valence-electron chi connectivity index (χ3n) is 0. The summed E-state index contributed by atoms with van der Waals surface area (Å²) in [6.45, 7) is 4.25. The maximum absolute atomic E-state index is 2.12. The normalized spacial score (nSPS) is 4.50. The number of hydrogen-bond acceptors (Lipinski definition) is 0.